The number of allylic oxidation sites excluding steroid dienone is 1. The minimum atomic E-state index is 0.667. The lowest BCUT2D eigenvalue weighted by Gasteiger charge is -2.20. The van der Waals surface area contributed by atoms with E-state index in [1.165, 1.54) is 25.7 Å². The van der Waals surface area contributed by atoms with Crippen molar-refractivity contribution in [2.75, 3.05) is 7.05 Å². The molecule has 0 N–H and O–H groups in total. The van der Waals surface area contributed by atoms with Crippen molar-refractivity contribution in [1.29, 1.82) is 0 Å². The Balaban J connectivity index is 2.36. The second kappa shape index (κ2) is 4.29. The van der Waals surface area contributed by atoms with E-state index >= 15 is 0 Å². The lowest BCUT2D eigenvalue weighted by Crippen LogP contribution is -2.23. The van der Waals surface area contributed by atoms with Crippen LogP contribution in [0.2, 0.25) is 0 Å². The molecule has 0 heterocycles. The van der Waals surface area contributed by atoms with E-state index in [9.17, 15) is 0 Å². The molecule has 0 atom stereocenters. The lowest BCUT2D eigenvalue weighted by atomic mass is 10.2. The van der Waals surface area contributed by atoms with Crippen molar-refractivity contribution >= 4 is 6.21 Å². The normalized spacial score (nSPS) is 18.8. The molecule has 0 spiro atoms. The Kier molecular flexibility index (Phi) is 3.32. The maximum absolute atomic E-state index is 4.31. The van der Waals surface area contributed by atoms with Gasteiger partial charge in [0, 0.05) is 19.3 Å². The van der Waals surface area contributed by atoms with Crippen LogP contribution in [0.4, 0.5) is 0 Å². The number of nitrogens with zero attached hydrogens (tertiary/aromatic N) is 2. The van der Waals surface area contributed by atoms with Crippen LogP contribution in [0.15, 0.2) is 17.3 Å². The summed E-state index contributed by atoms with van der Waals surface area (Å²) in [6, 6.07) is 0.667. The molecular formula is C10H18N2. The molecule has 2 nitrogen and oxygen atoms in total. The van der Waals surface area contributed by atoms with Crippen molar-refractivity contribution in [3.05, 3.63) is 12.2 Å². The predicted molar refractivity (Wildman–Crippen MR) is 53.3 cm³/mol. The SMILES string of the molecule is C=C(C)/C=N\N(C)C1CCCC1. The van der Waals surface area contributed by atoms with Crippen LogP contribution in [-0.4, -0.2) is 24.3 Å². The first-order chi connectivity index (χ1) is 5.70. The highest BCUT2D eigenvalue weighted by molar-refractivity contribution is 5.76. The maximum Gasteiger partial charge on any atom is 0.0493 e. The van der Waals surface area contributed by atoms with Gasteiger partial charge in [0.15, 0.2) is 0 Å². The molecule has 1 aliphatic rings. The van der Waals surface area contributed by atoms with Gasteiger partial charge in [0.1, 0.15) is 0 Å². The van der Waals surface area contributed by atoms with Gasteiger partial charge in [-0.3, -0.25) is 5.01 Å². The summed E-state index contributed by atoms with van der Waals surface area (Å²) in [5.74, 6) is 0. The molecule has 0 unspecified atom stereocenters. The van der Waals surface area contributed by atoms with Crippen LogP contribution in [0, 0.1) is 0 Å². The Morgan fingerprint density at radius 3 is 2.58 bits per heavy atom. The highest BCUT2D eigenvalue weighted by Crippen LogP contribution is 2.22. The minimum Gasteiger partial charge on any atom is -0.297 e. The van der Waals surface area contributed by atoms with Gasteiger partial charge in [-0.2, -0.15) is 5.10 Å². The van der Waals surface area contributed by atoms with Crippen LogP contribution in [0.3, 0.4) is 0 Å². The van der Waals surface area contributed by atoms with E-state index in [-0.39, 0.29) is 0 Å². The van der Waals surface area contributed by atoms with Crippen LogP contribution in [0.1, 0.15) is 32.6 Å². The topological polar surface area (TPSA) is 15.6 Å². The number of hydrogen-bond acceptors (Lipinski definition) is 2. The van der Waals surface area contributed by atoms with Crippen LogP contribution < -0.4 is 0 Å². The maximum atomic E-state index is 4.31. The van der Waals surface area contributed by atoms with Crippen LogP contribution >= 0.6 is 0 Å². The van der Waals surface area contributed by atoms with Gasteiger partial charge in [-0.15, -0.1) is 0 Å². The Hall–Kier alpha value is -0.790. The standard InChI is InChI=1S/C10H18N2/c1-9(2)8-11-12(3)10-6-4-5-7-10/h8,10H,1,4-7H2,2-3H3/b11-8-. The average molecular weight is 166 g/mol. The molecule has 0 aromatic heterocycles. The highest BCUT2D eigenvalue weighted by Gasteiger charge is 2.17. The molecule has 0 radical (unpaired) electrons. The molecule has 0 saturated heterocycles. The number of rotatable bonds is 3. The van der Waals surface area contributed by atoms with Crippen LogP contribution in [-0.2, 0) is 0 Å². The summed E-state index contributed by atoms with van der Waals surface area (Å²) in [7, 11) is 2.05. The van der Waals surface area contributed by atoms with Crippen LogP contribution in [0.25, 0.3) is 0 Å². The molecule has 68 valence electrons. The predicted octanol–water partition coefficient (Wildman–Crippen LogP) is 2.42. The zero-order valence-electron chi connectivity index (χ0n) is 8.08. The number of hydrazone groups is 1. The third-order valence-corrected chi connectivity index (χ3v) is 2.31. The fourth-order valence-corrected chi connectivity index (χ4v) is 1.56. The van der Waals surface area contributed by atoms with Crippen molar-refractivity contribution in [3.8, 4) is 0 Å². The molecule has 2 heteroatoms. The fraction of sp³-hybridized carbons (Fsp3) is 0.700. The molecule has 0 aliphatic heterocycles. The van der Waals surface area contributed by atoms with E-state index < -0.39 is 0 Å². The van der Waals surface area contributed by atoms with Gasteiger partial charge in [0.05, 0.1) is 0 Å². The van der Waals surface area contributed by atoms with E-state index in [1.807, 2.05) is 13.1 Å². The summed E-state index contributed by atoms with van der Waals surface area (Å²) in [5, 5.41) is 6.39. The zero-order chi connectivity index (χ0) is 8.97. The van der Waals surface area contributed by atoms with Gasteiger partial charge in [0.25, 0.3) is 0 Å². The largest absolute Gasteiger partial charge is 0.297 e. The first kappa shape index (κ1) is 9.30. The molecule has 0 aromatic rings. The molecule has 12 heavy (non-hydrogen) atoms. The lowest BCUT2D eigenvalue weighted by molar-refractivity contribution is 0.259. The summed E-state index contributed by atoms with van der Waals surface area (Å²) < 4.78 is 0. The molecule has 1 aliphatic carbocycles. The third-order valence-electron chi connectivity index (χ3n) is 2.31. The molecule has 0 bridgehead atoms. The van der Waals surface area contributed by atoms with Crippen LogP contribution in [0.5, 0.6) is 0 Å². The van der Waals surface area contributed by atoms with Crippen molar-refractivity contribution in [2.24, 2.45) is 5.10 Å². The van der Waals surface area contributed by atoms with Gasteiger partial charge in [-0.25, -0.2) is 0 Å². The quantitative estimate of drug-likeness (QED) is 0.464. The van der Waals surface area contributed by atoms with Crippen molar-refractivity contribution < 1.29 is 0 Å². The second-order valence-electron chi connectivity index (χ2n) is 3.60. The molecule has 0 amide bonds. The summed E-state index contributed by atoms with van der Waals surface area (Å²) in [4.78, 5) is 0. The molecule has 1 saturated carbocycles. The van der Waals surface area contributed by atoms with Gasteiger partial charge in [-0.05, 0) is 25.3 Å². The van der Waals surface area contributed by atoms with Crippen molar-refractivity contribution in [2.45, 2.75) is 38.6 Å². The zero-order valence-corrected chi connectivity index (χ0v) is 8.08. The van der Waals surface area contributed by atoms with Gasteiger partial charge < -0.3 is 0 Å². The fourth-order valence-electron chi connectivity index (χ4n) is 1.56. The summed E-state index contributed by atoms with van der Waals surface area (Å²) >= 11 is 0. The molecule has 0 aromatic carbocycles. The Morgan fingerprint density at radius 2 is 2.08 bits per heavy atom. The molecular weight excluding hydrogens is 148 g/mol. The van der Waals surface area contributed by atoms with Gasteiger partial charge in [-0.1, -0.05) is 19.4 Å². The first-order valence-electron chi connectivity index (χ1n) is 4.62. The number of hydrogen-bond donors (Lipinski definition) is 0. The first-order valence-corrected chi connectivity index (χ1v) is 4.62. The molecule has 1 rings (SSSR count). The second-order valence-corrected chi connectivity index (χ2v) is 3.60. The highest BCUT2D eigenvalue weighted by atomic mass is 15.4. The third kappa shape index (κ3) is 2.68. The van der Waals surface area contributed by atoms with Crippen molar-refractivity contribution in [1.82, 2.24) is 5.01 Å². The van der Waals surface area contributed by atoms with Gasteiger partial charge >= 0.3 is 0 Å². The minimum absolute atomic E-state index is 0.667. The summed E-state index contributed by atoms with van der Waals surface area (Å²) in [5.41, 5.74) is 1.01. The van der Waals surface area contributed by atoms with E-state index in [4.69, 9.17) is 0 Å². The Bertz CT molecular complexity index is 178. The Labute approximate surface area is 75.0 Å². The van der Waals surface area contributed by atoms with E-state index in [0.29, 0.717) is 6.04 Å². The van der Waals surface area contributed by atoms with E-state index in [1.54, 1.807) is 0 Å². The summed E-state index contributed by atoms with van der Waals surface area (Å²) in [6.07, 6.45) is 7.14. The Morgan fingerprint density at radius 1 is 1.50 bits per heavy atom. The smallest absolute Gasteiger partial charge is 0.0493 e. The van der Waals surface area contributed by atoms with Crippen molar-refractivity contribution in [3.63, 3.8) is 0 Å². The molecule has 1 fully saturated rings. The van der Waals surface area contributed by atoms with E-state index in [0.717, 1.165) is 5.57 Å². The summed E-state index contributed by atoms with van der Waals surface area (Å²) in [6.45, 7) is 5.74. The van der Waals surface area contributed by atoms with E-state index in [2.05, 4.69) is 23.7 Å². The van der Waals surface area contributed by atoms with Gasteiger partial charge in [0.2, 0.25) is 0 Å². The monoisotopic (exact) mass is 166 g/mol. The average Bonchev–Trinajstić information content (AvgIpc) is 2.51.